The molecule has 0 radical (unpaired) electrons. The fourth-order valence-electron chi connectivity index (χ4n) is 5.71. The third-order valence-corrected chi connectivity index (χ3v) is 7.26. The molecule has 7 heteroatoms. The van der Waals surface area contributed by atoms with Crippen LogP contribution >= 0.6 is 0 Å². The van der Waals surface area contributed by atoms with Gasteiger partial charge in [0.25, 0.3) is 5.91 Å². The lowest BCUT2D eigenvalue weighted by Gasteiger charge is -2.41. The Morgan fingerprint density at radius 2 is 1.79 bits per heavy atom. The van der Waals surface area contributed by atoms with Gasteiger partial charge in [-0.3, -0.25) is 9.78 Å². The van der Waals surface area contributed by atoms with Gasteiger partial charge in [-0.2, -0.15) is 0 Å². The Kier molecular flexibility index (Phi) is 8.85. The van der Waals surface area contributed by atoms with Crippen molar-refractivity contribution in [3.8, 4) is 5.75 Å². The molecule has 1 aliphatic heterocycles. The van der Waals surface area contributed by atoms with Gasteiger partial charge in [0.1, 0.15) is 16.9 Å². The van der Waals surface area contributed by atoms with E-state index in [2.05, 4.69) is 25.8 Å². The summed E-state index contributed by atoms with van der Waals surface area (Å²) < 4.78 is 11.7. The summed E-state index contributed by atoms with van der Waals surface area (Å²) in [5.41, 5.74) is 0.801. The molecule has 1 aromatic heterocycles. The van der Waals surface area contributed by atoms with Crippen molar-refractivity contribution in [2.24, 2.45) is 11.8 Å². The van der Waals surface area contributed by atoms with Gasteiger partial charge >= 0.3 is 5.97 Å². The second-order valence-corrected chi connectivity index (χ2v) is 13.3. The third-order valence-electron chi connectivity index (χ3n) is 7.26. The van der Waals surface area contributed by atoms with Crippen LogP contribution in [0.5, 0.6) is 5.75 Å². The van der Waals surface area contributed by atoms with Crippen molar-refractivity contribution in [2.75, 3.05) is 13.7 Å². The van der Waals surface area contributed by atoms with Crippen molar-refractivity contribution in [3.05, 3.63) is 58.9 Å². The molecular formula is C32H46N2O5. The molecule has 3 atom stereocenters. The number of aryl methyl sites for hydroxylation is 1. The number of benzene rings is 1. The highest BCUT2D eigenvalue weighted by Crippen LogP contribution is 2.51. The fraction of sp³-hybridized carbons (Fsp3) is 0.594. The number of pyridine rings is 1. The molecule has 0 saturated carbocycles. The number of aliphatic hydroxyl groups excluding tert-OH is 1. The van der Waals surface area contributed by atoms with Gasteiger partial charge in [-0.15, -0.1) is 0 Å². The molecule has 2 heterocycles. The van der Waals surface area contributed by atoms with Gasteiger partial charge in [0.2, 0.25) is 0 Å². The number of hydrogen-bond acceptors (Lipinski definition) is 6. The number of aliphatic hydroxyl groups is 1. The van der Waals surface area contributed by atoms with Crippen LogP contribution in [0.1, 0.15) is 101 Å². The number of amides is 1. The molecule has 0 unspecified atom stereocenters. The maximum atomic E-state index is 14.6. The number of carbonyl (C=O) groups is 2. The van der Waals surface area contributed by atoms with E-state index in [0.717, 1.165) is 11.1 Å². The summed E-state index contributed by atoms with van der Waals surface area (Å²) in [7, 11) is 1.60. The molecule has 1 aliphatic rings. The van der Waals surface area contributed by atoms with Crippen molar-refractivity contribution in [2.45, 2.75) is 97.8 Å². The van der Waals surface area contributed by atoms with Crippen LogP contribution < -0.4 is 4.74 Å². The highest BCUT2D eigenvalue weighted by molar-refractivity contribution is 5.99. The average molecular weight is 539 g/mol. The molecule has 3 rings (SSSR count). The largest absolute Gasteiger partial charge is 0.496 e. The Labute approximate surface area is 233 Å². The smallest absolute Gasteiger partial charge is 0.332 e. The molecule has 1 aromatic carbocycles. The van der Waals surface area contributed by atoms with Crippen molar-refractivity contribution in [1.29, 1.82) is 0 Å². The molecule has 2 aromatic rings. The maximum Gasteiger partial charge on any atom is 0.332 e. The van der Waals surface area contributed by atoms with Crippen LogP contribution in [0, 0.1) is 18.8 Å². The van der Waals surface area contributed by atoms with Crippen molar-refractivity contribution >= 4 is 11.9 Å². The van der Waals surface area contributed by atoms with Crippen LogP contribution in [0.4, 0.5) is 0 Å². The minimum Gasteiger partial charge on any atom is -0.496 e. The Bertz CT molecular complexity index is 1180. The minimum atomic E-state index is -1.28. The summed E-state index contributed by atoms with van der Waals surface area (Å²) in [5.74, 6) is -0.476. The number of rotatable bonds is 7. The van der Waals surface area contributed by atoms with Crippen LogP contribution in [0.25, 0.3) is 0 Å². The van der Waals surface area contributed by atoms with E-state index in [1.54, 1.807) is 30.3 Å². The first-order valence-electron chi connectivity index (χ1n) is 13.8. The van der Waals surface area contributed by atoms with E-state index >= 15 is 0 Å². The van der Waals surface area contributed by atoms with E-state index in [0.29, 0.717) is 23.4 Å². The van der Waals surface area contributed by atoms with Gasteiger partial charge in [0.05, 0.1) is 18.8 Å². The maximum absolute atomic E-state index is 14.6. The molecule has 1 N–H and O–H groups in total. The highest BCUT2D eigenvalue weighted by Gasteiger charge is 2.60. The lowest BCUT2D eigenvalue weighted by atomic mass is 9.83. The second-order valence-electron chi connectivity index (χ2n) is 13.3. The lowest BCUT2D eigenvalue weighted by molar-refractivity contribution is -0.168. The number of nitrogens with zero attached hydrogens (tertiary/aromatic N) is 2. The SMILES string of the molecule is COc1cc(C(=O)N2[C@@H](c3ccc(C)cn3)[C@@H](CO)C[C@@]2(CC(C)C)C(=O)OC(C)(C)C)ccc1C(C)(C)C. The molecule has 1 saturated heterocycles. The van der Waals surface area contributed by atoms with Crippen molar-refractivity contribution in [1.82, 2.24) is 9.88 Å². The van der Waals surface area contributed by atoms with Gasteiger partial charge in [-0.05, 0) is 81.2 Å². The van der Waals surface area contributed by atoms with Gasteiger partial charge < -0.3 is 19.5 Å². The number of hydrogen-bond donors (Lipinski definition) is 1. The topological polar surface area (TPSA) is 89.0 Å². The molecule has 0 bridgehead atoms. The van der Waals surface area contributed by atoms with E-state index in [1.165, 1.54) is 0 Å². The van der Waals surface area contributed by atoms with Crippen LogP contribution in [0.2, 0.25) is 0 Å². The van der Waals surface area contributed by atoms with Crippen molar-refractivity contribution < 1.29 is 24.2 Å². The van der Waals surface area contributed by atoms with Gasteiger partial charge in [0.15, 0.2) is 0 Å². The van der Waals surface area contributed by atoms with E-state index < -0.39 is 29.1 Å². The van der Waals surface area contributed by atoms with Crippen LogP contribution in [-0.4, -0.2) is 51.7 Å². The second kappa shape index (κ2) is 11.3. The molecule has 39 heavy (non-hydrogen) atoms. The summed E-state index contributed by atoms with van der Waals surface area (Å²) >= 11 is 0. The molecule has 0 spiro atoms. The van der Waals surface area contributed by atoms with Crippen LogP contribution in [0.3, 0.4) is 0 Å². The van der Waals surface area contributed by atoms with Gasteiger partial charge in [0, 0.05) is 24.3 Å². The summed E-state index contributed by atoms with van der Waals surface area (Å²) in [6, 6.07) is 8.69. The summed E-state index contributed by atoms with van der Waals surface area (Å²) in [6.45, 7) is 17.6. The number of carbonyl (C=O) groups excluding carboxylic acids is 2. The first-order valence-corrected chi connectivity index (χ1v) is 13.8. The molecule has 7 nitrogen and oxygen atoms in total. The minimum absolute atomic E-state index is 0.0784. The molecular weight excluding hydrogens is 492 g/mol. The quantitative estimate of drug-likeness (QED) is 0.434. The average Bonchev–Trinajstić information content (AvgIpc) is 3.16. The van der Waals surface area contributed by atoms with Gasteiger partial charge in [-0.25, -0.2) is 4.79 Å². The number of aromatic nitrogens is 1. The number of esters is 1. The Balaban J connectivity index is 2.28. The van der Waals surface area contributed by atoms with Gasteiger partial charge in [-0.1, -0.05) is 46.8 Å². The number of likely N-dealkylation sites (tertiary alicyclic amines) is 1. The van der Waals surface area contributed by atoms with E-state index in [-0.39, 0.29) is 30.3 Å². The first kappa shape index (κ1) is 30.6. The number of ether oxygens (including phenoxy) is 2. The normalized spacial score (nSPS) is 21.8. The van der Waals surface area contributed by atoms with Crippen molar-refractivity contribution in [3.63, 3.8) is 0 Å². The van der Waals surface area contributed by atoms with E-state index in [4.69, 9.17) is 9.47 Å². The van der Waals surface area contributed by atoms with Crippen LogP contribution in [0.15, 0.2) is 36.5 Å². The Morgan fingerprint density at radius 3 is 2.28 bits per heavy atom. The summed E-state index contributed by atoms with van der Waals surface area (Å²) in [6.07, 6.45) is 2.42. The zero-order valence-electron chi connectivity index (χ0n) is 25.3. The van der Waals surface area contributed by atoms with Crippen LogP contribution in [-0.2, 0) is 14.9 Å². The monoisotopic (exact) mass is 538 g/mol. The lowest BCUT2D eigenvalue weighted by Crippen LogP contribution is -2.56. The third kappa shape index (κ3) is 6.46. The zero-order valence-corrected chi connectivity index (χ0v) is 25.3. The molecule has 214 valence electrons. The molecule has 1 fully saturated rings. The highest BCUT2D eigenvalue weighted by atomic mass is 16.6. The summed E-state index contributed by atoms with van der Waals surface area (Å²) in [5, 5.41) is 10.6. The summed E-state index contributed by atoms with van der Waals surface area (Å²) in [4.78, 5) is 35.1. The van der Waals surface area contributed by atoms with E-state index in [9.17, 15) is 14.7 Å². The Morgan fingerprint density at radius 1 is 1.13 bits per heavy atom. The fourth-order valence-corrected chi connectivity index (χ4v) is 5.71. The standard InChI is InChI=1S/C32H46N2O5/c1-20(2)16-32(29(37)39-31(7,8)9)17-23(19-35)27(25-14-11-21(3)18-33-25)34(32)28(36)22-12-13-24(30(4,5)6)26(15-22)38-10/h11-15,18,20,23,27,35H,16-17,19H2,1-10H3/t23-,27-,32+/m1/s1. The zero-order chi connectivity index (χ0) is 29.3. The molecule has 0 aliphatic carbocycles. The predicted molar refractivity (Wildman–Crippen MR) is 153 cm³/mol. The first-order chi connectivity index (χ1) is 18.0. The number of methoxy groups -OCH3 is 1. The van der Waals surface area contributed by atoms with E-state index in [1.807, 2.05) is 59.7 Å². The Hall–Kier alpha value is -2.93. The molecule has 1 amide bonds. The predicted octanol–water partition coefficient (Wildman–Crippen LogP) is 6.02.